The van der Waals surface area contributed by atoms with Crippen molar-refractivity contribution in [2.24, 2.45) is 0 Å². The van der Waals surface area contributed by atoms with Gasteiger partial charge in [-0.1, -0.05) is 12.1 Å². The molecule has 2 heterocycles. The lowest BCUT2D eigenvalue weighted by molar-refractivity contribution is -0.131. The summed E-state index contributed by atoms with van der Waals surface area (Å²) >= 11 is 1.28. The fourth-order valence-corrected chi connectivity index (χ4v) is 3.74. The molecule has 6 nitrogen and oxygen atoms in total. The number of nitrogens with zero attached hydrogens (tertiary/aromatic N) is 3. The van der Waals surface area contributed by atoms with Gasteiger partial charge in [-0.15, -0.1) is 0 Å². The molecule has 2 aromatic rings. The lowest BCUT2D eigenvalue weighted by atomic mass is 10.1. The summed E-state index contributed by atoms with van der Waals surface area (Å²) in [6, 6.07) is 5.96. The van der Waals surface area contributed by atoms with Gasteiger partial charge >= 0.3 is 0 Å². The Hall–Kier alpha value is -2.48. The summed E-state index contributed by atoms with van der Waals surface area (Å²) in [5.41, 5.74) is 2.12. The summed E-state index contributed by atoms with van der Waals surface area (Å²) in [6.45, 7) is 3.81. The molecule has 138 valence electrons. The molecule has 3 rings (SSSR count). The first kappa shape index (κ1) is 18.3. The molecule has 2 amide bonds. The number of anilines is 1. The molecule has 0 atom stereocenters. The number of hydrogen-bond acceptors (Lipinski definition) is 5. The normalized spacial score (nSPS) is 14.4. The van der Waals surface area contributed by atoms with Crippen molar-refractivity contribution in [3.63, 3.8) is 0 Å². The van der Waals surface area contributed by atoms with Gasteiger partial charge in [0.2, 0.25) is 5.91 Å². The minimum absolute atomic E-state index is 0.00648. The minimum atomic E-state index is -0.313. The summed E-state index contributed by atoms with van der Waals surface area (Å²) in [7, 11) is 1.77. The van der Waals surface area contributed by atoms with Crippen molar-refractivity contribution in [3.05, 3.63) is 46.9 Å². The molecule has 1 aliphatic rings. The van der Waals surface area contributed by atoms with Crippen LogP contribution in [0, 0.1) is 12.7 Å². The topological polar surface area (TPSA) is 65.5 Å². The zero-order valence-electron chi connectivity index (χ0n) is 14.8. The molecule has 0 unspecified atom stereocenters. The first-order valence-electron chi connectivity index (χ1n) is 8.45. The van der Waals surface area contributed by atoms with Crippen LogP contribution in [-0.4, -0.2) is 59.2 Å². The molecule has 0 spiro atoms. The summed E-state index contributed by atoms with van der Waals surface area (Å²) < 4.78 is 17.2. The first-order valence-corrected chi connectivity index (χ1v) is 9.22. The van der Waals surface area contributed by atoms with Gasteiger partial charge in [-0.3, -0.25) is 9.59 Å². The maximum Gasteiger partial charge on any atom is 0.258 e. The number of carbonyl (C=O) groups excluding carboxylic acids is 2. The Labute approximate surface area is 155 Å². The fraction of sp³-hybridized carbons (Fsp3) is 0.389. The number of carbonyl (C=O) groups is 2. The Morgan fingerprint density at radius 2 is 1.77 bits per heavy atom. The average molecular weight is 376 g/mol. The standard InChI is InChI=1S/C18H21FN4O2S/c1-12-16(17(20-2)26-21-12)18(25)23-9-7-22(8-10-23)15(24)11-13-3-5-14(19)6-4-13/h3-6,20H,7-11H2,1-2H3. The first-order chi connectivity index (χ1) is 12.5. The van der Waals surface area contributed by atoms with E-state index in [2.05, 4.69) is 9.69 Å². The van der Waals surface area contributed by atoms with Crippen LogP contribution in [0.4, 0.5) is 9.39 Å². The number of rotatable bonds is 4. The SMILES string of the molecule is CNc1snc(C)c1C(=O)N1CCN(C(=O)Cc2ccc(F)cc2)CC1. The Morgan fingerprint density at radius 1 is 1.15 bits per heavy atom. The maximum atomic E-state index is 13.0. The number of piperazine rings is 1. The third-order valence-corrected chi connectivity index (χ3v) is 5.45. The quantitative estimate of drug-likeness (QED) is 0.888. The van der Waals surface area contributed by atoms with Crippen molar-refractivity contribution in [2.75, 3.05) is 38.5 Å². The number of aryl methyl sites for hydroxylation is 1. The smallest absolute Gasteiger partial charge is 0.258 e. The van der Waals surface area contributed by atoms with Crippen molar-refractivity contribution < 1.29 is 14.0 Å². The van der Waals surface area contributed by atoms with E-state index in [1.807, 2.05) is 6.92 Å². The van der Waals surface area contributed by atoms with Crippen LogP contribution in [0.15, 0.2) is 24.3 Å². The van der Waals surface area contributed by atoms with Crippen LogP contribution in [-0.2, 0) is 11.2 Å². The van der Waals surface area contributed by atoms with Crippen LogP contribution in [0.5, 0.6) is 0 Å². The highest BCUT2D eigenvalue weighted by molar-refractivity contribution is 7.10. The van der Waals surface area contributed by atoms with E-state index in [4.69, 9.17) is 0 Å². The van der Waals surface area contributed by atoms with Gasteiger partial charge in [0.15, 0.2) is 0 Å². The average Bonchev–Trinajstić information content (AvgIpc) is 3.03. The molecule has 0 saturated carbocycles. The van der Waals surface area contributed by atoms with Crippen molar-refractivity contribution in [3.8, 4) is 0 Å². The molecule has 0 bridgehead atoms. The third-order valence-electron chi connectivity index (χ3n) is 4.49. The van der Waals surface area contributed by atoms with Crippen molar-refractivity contribution in [1.82, 2.24) is 14.2 Å². The van der Waals surface area contributed by atoms with E-state index in [1.54, 1.807) is 29.0 Å². The van der Waals surface area contributed by atoms with E-state index in [0.717, 1.165) is 16.3 Å². The van der Waals surface area contributed by atoms with Crippen LogP contribution in [0.1, 0.15) is 21.6 Å². The Morgan fingerprint density at radius 3 is 2.38 bits per heavy atom. The number of benzene rings is 1. The van der Waals surface area contributed by atoms with E-state index < -0.39 is 0 Å². The number of hydrogen-bond donors (Lipinski definition) is 1. The van der Waals surface area contributed by atoms with Crippen molar-refractivity contribution >= 4 is 28.3 Å². The van der Waals surface area contributed by atoms with Gasteiger partial charge in [-0.25, -0.2) is 4.39 Å². The summed E-state index contributed by atoms with van der Waals surface area (Å²) in [4.78, 5) is 28.7. The monoisotopic (exact) mass is 376 g/mol. The molecule has 0 aliphatic carbocycles. The molecule has 1 aromatic carbocycles. The Balaban J connectivity index is 1.58. The van der Waals surface area contributed by atoms with E-state index in [9.17, 15) is 14.0 Å². The lowest BCUT2D eigenvalue weighted by Gasteiger charge is -2.35. The second-order valence-electron chi connectivity index (χ2n) is 6.20. The molecule has 1 aromatic heterocycles. The fourth-order valence-electron chi connectivity index (χ4n) is 3.00. The number of halogens is 1. The molecule has 8 heteroatoms. The van der Waals surface area contributed by atoms with Gasteiger partial charge in [0, 0.05) is 33.2 Å². The van der Waals surface area contributed by atoms with Gasteiger partial charge in [-0.2, -0.15) is 4.37 Å². The molecule has 1 saturated heterocycles. The van der Waals surface area contributed by atoms with Gasteiger partial charge < -0.3 is 15.1 Å². The summed E-state index contributed by atoms with van der Waals surface area (Å²) in [6.07, 6.45) is 0.242. The number of aromatic nitrogens is 1. The van der Waals surface area contributed by atoms with Crippen LogP contribution in [0.25, 0.3) is 0 Å². The minimum Gasteiger partial charge on any atom is -0.378 e. The molecule has 26 heavy (non-hydrogen) atoms. The largest absolute Gasteiger partial charge is 0.378 e. The predicted octanol–water partition coefficient (Wildman–Crippen LogP) is 2.16. The second kappa shape index (κ2) is 7.82. The highest BCUT2D eigenvalue weighted by Gasteiger charge is 2.28. The summed E-state index contributed by atoms with van der Waals surface area (Å²) in [5, 5.41) is 3.78. The van der Waals surface area contributed by atoms with Crippen LogP contribution in [0.3, 0.4) is 0 Å². The van der Waals surface area contributed by atoms with Gasteiger partial charge in [-0.05, 0) is 36.2 Å². The van der Waals surface area contributed by atoms with E-state index in [0.29, 0.717) is 31.7 Å². The zero-order valence-corrected chi connectivity index (χ0v) is 15.6. The number of nitrogens with one attached hydrogen (secondary N) is 1. The molecule has 1 aliphatic heterocycles. The molecule has 1 N–H and O–H groups in total. The van der Waals surface area contributed by atoms with Crippen molar-refractivity contribution in [1.29, 1.82) is 0 Å². The van der Waals surface area contributed by atoms with Crippen molar-refractivity contribution in [2.45, 2.75) is 13.3 Å². The van der Waals surface area contributed by atoms with E-state index >= 15 is 0 Å². The van der Waals surface area contributed by atoms with E-state index in [1.165, 1.54) is 23.7 Å². The van der Waals surface area contributed by atoms with Gasteiger partial charge in [0.05, 0.1) is 17.7 Å². The number of amides is 2. The van der Waals surface area contributed by atoms with Crippen LogP contribution in [0.2, 0.25) is 0 Å². The molecular weight excluding hydrogens is 355 g/mol. The molecular formula is C18H21FN4O2S. The van der Waals surface area contributed by atoms with Gasteiger partial charge in [0.1, 0.15) is 10.8 Å². The maximum absolute atomic E-state index is 13.0. The van der Waals surface area contributed by atoms with Crippen LogP contribution >= 0.6 is 11.5 Å². The summed E-state index contributed by atoms with van der Waals surface area (Å²) in [5.74, 6) is -0.369. The highest BCUT2D eigenvalue weighted by atomic mass is 32.1. The second-order valence-corrected chi connectivity index (χ2v) is 6.97. The third kappa shape index (κ3) is 3.85. The Bertz CT molecular complexity index is 798. The van der Waals surface area contributed by atoms with Crippen LogP contribution < -0.4 is 5.32 Å². The predicted molar refractivity (Wildman–Crippen MR) is 99.0 cm³/mol. The molecule has 0 radical (unpaired) electrons. The lowest BCUT2D eigenvalue weighted by Crippen LogP contribution is -2.51. The van der Waals surface area contributed by atoms with Gasteiger partial charge in [0.25, 0.3) is 5.91 Å². The zero-order chi connectivity index (χ0) is 18.7. The van der Waals surface area contributed by atoms with E-state index in [-0.39, 0.29) is 24.1 Å². The highest BCUT2D eigenvalue weighted by Crippen LogP contribution is 2.25. The molecule has 1 fully saturated rings. The Kier molecular flexibility index (Phi) is 5.51.